The van der Waals surface area contributed by atoms with Gasteiger partial charge in [0.05, 0.1) is 11.7 Å². The number of aromatic nitrogens is 2. The van der Waals surface area contributed by atoms with E-state index in [1.165, 1.54) is 5.69 Å². The summed E-state index contributed by atoms with van der Waals surface area (Å²) in [6.45, 7) is 1.68. The minimum atomic E-state index is -0.154. The number of aryl methyl sites for hydroxylation is 1. The number of hydrogen-bond donors (Lipinski definition) is 1. The molecule has 1 aliphatic heterocycles. The lowest BCUT2D eigenvalue weighted by molar-refractivity contribution is 0.0858. The van der Waals surface area contributed by atoms with E-state index in [1.54, 1.807) is 6.07 Å². The smallest absolute Gasteiger partial charge is 0.287 e. The molecule has 2 atom stereocenters. The largest absolute Gasteiger partial charge is 0.451 e. The van der Waals surface area contributed by atoms with Crippen molar-refractivity contribution >= 4 is 16.9 Å². The summed E-state index contributed by atoms with van der Waals surface area (Å²) in [6.07, 6.45) is 4.05. The summed E-state index contributed by atoms with van der Waals surface area (Å²) < 4.78 is 7.60. The summed E-state index contributed by atoms with van der Waals surface area (Å²) in [7, 11) is 4.12. The van der Waals surface area contributed by atoms with Crippen LogP contribution in [-0.4, -0.2) is 40.7 Å². The van der Waals surface area contributed by atoms with Gasteiger partial charge in [-0.15, -0.1) is 0 Å². The predicted octanol–water partition coefficient (Wildman–Crippen LogP) is 2.98. The number of nitrogens with one attached hydrogen (secondary N) is 1. The molecular formula is C20H24N4O2. The topological polar surface area (TPSA) is 63.3 Å². The quantitative estimate of drug-likeness (QED) is 0.784. The minimum Gasteiger partial charge on any atom is -0.451 e. The van der Waals surface area contributed by atoms with E-state index in [1.807, 2.05) is 42.2 Å². The monoisotopic (exact) mass is 352 g/mol. The first-order valence-corrected chi connectivity index (χ1v) is 9.08. The fourth-order valence-electron chi connectivity index (χ4n) is 4.02. The number of rotatable bonds is 4. The molecule has 0 unspecified atom stereocenters. The van der Waals surface area contributed by atoms with Gasteiger partial charge in [0.1, 0.15) is 5.58 Å². The fourth-order valence-corrected chi connectivity index (χ4v) is 4.02. The molecule has 136 valence electrons. The molecular weight excluding hydrogens is 328 g/mol. The first-order valence-electron chi connectivity index (χ1n) is 9.08. The molecule has 1 saturated heterocycles. The highest BCUT2D eigenvalue weighted by molar-refractivity contribution is 5.96. The molecule has 1 aliphatic rings. The third-order valence-electron chi connectivity index (χ3n) is 5.34. The second-order valence-corrected chi connectivity index (χ2v) is 7.07. The van der Waals surface area contributed by atoms with Crippen LogP contribution in [-0.2, 0) is 7.05 Å². The van der Waals surface area contributed by atoms with Crippen LogP contribution in [0.1, 0.15) is 35.1 Å². The van der Waals surface area contributed by atoms with Crippen LogP contribution in [0.25, 0.3) is 11.0 Å². The van der Waals surface area contributed by atoms with Gasteiger partial charge >= 0.3 is 0 Å². The molecule has 6 nitrogen and oxygen atoms in total. The number of amides is 1. The Hall–Kier alpha value is -2.60. The van der Waals surface area contributed by atoms with E-state index in [0.29, 0.717) is 18.2 Å². The van der Waals surface area contributed by atoms with Crippen LogP contribution in [0.3, 0.4) is 0 Å². The van der Waals surface area contributed by atoms with Gasteiger partial charge in [0.25, 0.3) is 5.91 Å². The molecule has 6 heteroatoms. The van der Waals surface area contributed by atoms with Crippen LogP contribution in [0.5, 0.6) is 0 Å². The Morgan fingerprint density at radius 1 is 1.31 bits per heavy atom. The molecule has 0 spiro atoms. The highest BCUT2D eigenvalue weighted by atomic mass is 16.3. The van der Waals surface area contributed by atoms with Crippen LogP contribution < -0.4 is 5.32 Å². The van der Waals surface area contributed by atoms with E-state index in [2.05, 4.69) is 28.4 Å². The molecule has 1 N–H and O–H groups in total. The zero-order valence-corrected chi connectivity index (χ0v) is 15.2. The molecule has 3 aromatic rings. The van der Waals surface area contributed by atoms with E-state index in [-0.39, 0.29) is 11.9 Å². The molecule has 0 aliphatic carbocycles. The van der Waals surface area contributed by atoms with Crippen molar-refractivity contribution in [2.75, 3.05) is 20.1 Å². The van der Waals surface area contributed by atoms with Crippen molar-refractivity contribution in [2.24, 2.45) is 13.0 Å². The van der Waals surface area contributed by atoms with Gasteiger partial charge in [-0.05, 0) is 50.6 Å². The Bertz CT molecular complexity index is 880. The SMILES string of the molecule is CN1CCC[C@@H](CNC(=O)c2cc3ccccc3o2)[C@@H]1c1ccnn1C. The molecule has 3 heterocycles. The molecule has 2 aromatic heterocycles. The van der Waals surface area contributed by atoms with Gasteiger partial charge in [0, 0.05) is 25.2 Å². The van der Waals surface area contributed by atoms with Crippen molar-refractivity contribution in [2.45, 2.75) is 18.9 Å². The second kappa shape index (κ2) is 6.96. The van der Waals surface area contributed by atoms with E-state index >= 15 is 0 Å². The van der Waals surface area contributed by atoms with Crippen molar-refractivity contribution in [3.05, 3.63) is 54.0 Å². The van der Waals surface area contributed by atoms with E-state index in [4.69, 9.17) is 4.42 Å². The minimum absolute atomic E-state index is 0.154. The van der Waals surface area contributed by atoms with E-state index < -0.39 is 0 Å². The lowest BCUT2D eigenvalue weighted by atomic mass is 9.87. The number of hydrogen-bond acceptors (Lipinski definition) is 4. The maximum atomic E-state index is 12.6. The number of piperidine rings is 1. The van der Waals surface area contributed by atoms with Crippen molar-refractivity contribution in [3.8, 4) is 0 Å². The second-order valence-electron chi connectivity index (χ2n) is 7.07. The van der Waals surface area contributed by atoms with Crippen LogP contribution in [0.4, 0.5) is 0 Å². The summed E-state index contributed by atoms with van der Waals surface area (Å²) in [5, 5.41) is 8.34. The Kier molecular flexibility index (Phi) is 4.51. The maximum absolute atomic E-state index is 12.6. The predicted molar refractivity (Wildman–Crippen MR) is 99.9 cm³/mol. The van der Waals surface area contributed by atoms with Crippen LogP contribution in [0.15, 0.2) is 47.0 Å². The molecule has 26 heavy (non-hydrogen) atoms. The number of benzene rings is 1. The molecule has 1 amide bonds. The highest BCUT2D eigenvalue weighted by Crippen LogP contribution is 2.34. The van der Waals surface area contributed by atoms with Crippen molar-refractivity contribution in [1.29, 1.82) is 0 Å². The molecule has 1 fully saturated rings. The molecule has 1 aromatic carbocycles. The summed E-state index contributed by atoms with van der Waals surface area (Å²) in [6, 6.07) is 11.8. The number of carbonyl (C=O) groups is 1. The lowest BCUT2D eigenvalue weighted by Crippen LogP contribution is -2.42. The van der Waals surface area contributed by atoms with E-state index in [0.717, 1.165) is 30.4 Å². The van der Waals surface area contributed by atoms with Gasteiger partial charge in [-0.25, -0.2) is 0 Å². The molecule has 4 rings (SSSR count). The summed E-state index contributed by atoms with van der Waals surface area (Å²) in [4.78, 5) is 14.9. The van der Waals surface area contributed by atoms with E-state index in [9.17, 15) is 4.79 Å². The number of nitrogens with zero attached hydrogens (tertiary/aromatic N) is 3. The third kappa shape index (κ3) is 3.12. The first kappa shape index (κ1) is 16.8. The number of carbonyl (C=O) groups excluding carboxylic acids is 1. The van der Waals surface area contributed by atoms with Gasteiger partial charge in [-0.3, -0.25) is 14.4 Å². The summed E-state index contributed by atoms with van der Waals surface area (Å²) >= 11 is 0. The Labute approximate surface area is 152 Å². The van der Waals surface area contributed by atoms with Crippen molar-refractivity contribution in [3.63, 3.8) is 0 Å². The van der Waals surface area contributed by atoms with Gasteiger partial charge in [-0.1, -0.05) is 18.2 Å². The maximum Gasteiger partial charge on any atom is 0.287 e. The zero-order chi connectivity index (χ0) is 18.1. The summed E-state index contributed by atoms with van der Waals surface area (Å²) in [5.74, 6) is 0.558. The lowest BCUT2D eigenvalue weighted by Gasteiger charge is -2.39. The Balaban J connectivity index is 1.48. The zero-order valence-electron chi connectivity index (χ0n) is 15.2. The molecule has 0 bridgehead atoms. The normalized spacial score (nSPS) is 21.2. The van der Waals surface area contributed by atoms with Crippen molar-refractivity contribution in [1.82, 2.24) is 20.0 Å². The number of para-hydroxylation sites is 1. The average Bonchev–Trinajstić information content (AvgIpc) is 3.26. The van der Waals surface area contributed by atoms with Gasteiger partial charge in [0.2, 0.25) is 0 Å². The van der Waals surface area contributed by atoms with Crippen molar-refractivity contribution < 1.29 is 9.21 Å². The molecule has 0 saturated carbocycles. The Morgan fingerprint density at radius 2 is 2.15 bits per heavy atom. The summed E-state index contributed by atoms with van der Waals surface area (Å²) in [5.41, 5.74) is 1.93. The van der Waals surface area contributed by atoms with Crippen LogP contribution in [0.2, 0.25) is 0 Å². The van der Waals surface area contributed by atoms with Gasteiger partial charge in [0.15, 0.2) is 5.76 Å². The van der Waals surface area contributed by atoms with Crippen LogP contribution in [0, 0.1) is 5.92 Å². The Morgan fingerprint density at radius 3 is 2.92 bits per heavy atom. The number of fused-ring (bicyclic) bond motifs is 1. The fraction of sp³-hybridized carbons (Fsp3) is 0.400. The van der Waals surface area contributed by atoms with Gasteiger partial charge < -0.3 is 9.73 Å². The number of furan rings is 1. The van der Waals surface area contributed by atoms with Crippen LogP contribution >= 0.6 is 0 Å². The average molecular weight is 352 g/mol. The highest BCUT2D eigenvalue weighted by Gasteiger charge is 2.32. The standard InChI is InChI=1S/C20H24N4O2/c1-23-11-5-7-15(19(23)16-9-10-22-24(16)2)13-21-20(25)18-12-14-6-3-4-8-17(14)26-18/h3-4,6,8-10,12,15,19H,5,7,11,13H2,1-2H3,(H,21,25)/t15-,19+/m0/s1. The number of likely N-dealkylation sites (tertiary alicyclic amines) is 1. The van der Waals surface area contributed by atoms with Gasteiger partial charge in [-0.2, -0.15) is 5.10 Å². The first-order chi connectivity index (χ1) is 12.6. The molecule has 0 radical (unpaired) electrons. The third-order valence-corrected chi connectivity index (χ3v) is 5.34.